The molecule has 28 heavy (non-hydrogen) atoms. The van der Waals surface area contributed by atoms with E-state index < -0.39 is 11.9 Å². The molecular formula is C21H24NNaO4S. The molecule has 0 aliphatic heterocycles. The summed E-state index contributed by atoms with van der Waals surface area (Å²) in [6.07, 6.45) is 0.929. The molecule has 1 atom stereocenters. The van der Waals surface area contributed by atoms with Gasteiger partial charge in [0.1, 0.15) is 0 Å². The molecule has 0 bridgehead atoms. The second-order valence-corrected chi connectivity index (χ2v) is 7.38. The molecule has 0 saturated carbocycles. The van der Waals surface area contributed by atoms with Gasteiger partial charge in [-0.1, -0.05) is 49.0 Å². The van der Waals surface area contributed by atoms with Crippen LogP contribution in [0.2, 0.25) is 0 Å². The van der Waals surface area contributed by atoms with E-state index in [1.54, 1.807) is 26.0 Å². The normalized spacial score (nSPS) is 11.2. The fourth-order valence-corrected chi connectivity index (χ4v) is 3.51. The first kappa shape index (κ1) is 24.4. The van der Waals surface area contributed by atoms with E-state index in [9.17, 15) is 19.5 Å². The van der Waals surface area contributed by atoms with Crippen LogP contribution in [0.1, 0.15) is 36.3 Å². The van der Waals surface area contributed by atoms with E-state index in [0.717, 1.165) is 22.9 Å². The van der Waals surface area contributed by atoms with Gasteiger partial charge in [-0.2, -0.15) is 0 Å². The molecule has 144 valence electrons. The van der Waals surface area contributed by atoms with Crippen LogP contribution in [-0.2, 0) is 16.0 Å². The number of carbonyl (C=O) groups excluding carboxylic acids is 2. The number of rotatable bonds is 8. The zero-order valence-electron chi connectivity index (χ0n) is 17.4. The number of carboxylic acid groups (broad SMARTS) is 1. The SMILES string of the molecule is CCC(=O)SCC(Cc1ccccc1)C(=O)Nc1cc(C)cc(C(=O)O)c1.[H-].[Na+]. The Morgan fingerprint density at radius 2 is 1.82 bits per heavy atom. The molecule has 0 spiro atoms. The molecule has 0 aliphatic carbocycles. The summed E-state index contributed by atoms with van der Waals surface area (Å²) >= 11 is 1.16. The Labute approximate surface area is 193 Å². The van der Waals surface area contributed by atoms with Crippen LogP contribution in [-0.4, -0.2) is 27.9 Å². The van der Waals surface area contributed by atoms with Crippen molar-refractivity contribution in [3.05, 3.63) is 65.2 Å². The summed E-state index contributed by atoms with van der Waals surface area (Å²) in [5.74, 6) is -1.29. The number of thioether (sulfide) groups is 1. The molecule has 0 radical (unpaired) electrons. The quantitative estimate of drug-likeness (QED) is 0.642. The number of aryl methyl sites for hydroxylation is 1. The van der Waals surface area contributed by atoms with Crippen LogP contribution in [0.3, 0.4) is 0 Å². The Balaban J connectivity index is 0.00000392. The van der Waals surface area contributed by atoms with Crippen LogP contribution < -0.4 is 34.9 Å². The van der Waals surface area contributed by atoms with Gasteiger partial charge >= 0.3 is 35.5 Å². The molecule has 1 amide bonds. The largest absolute Gasteiger partial charge is 1.00 e. The van der Waals surface area contributed by atoms with Crippen molar-refractivity contribution in [1.29, 1.82) is 0 Å². The fourth-order valence-electron chi connectivity index (χ4n) is 2.64. The number of anilines is 1. The molecule has 2 N–H and O–H groups in total. The van der Waals surface area contributed by atoms with Gasteiger partial charge in [0.05, 0.1) is 11.5 Å². The van der Waals surface area contributed by atoms with Crippen molar-refractivity contribution >= 4 is 34.4 Å². The number of carboxylic acids is 1. The van der Waals surface area contributed by atoms with Gasteiger partial charge in [-0.05, 0) is 42.7 Å². The van der Waals surface area contributed by atoms with Gasteiger partial charge in [0.2, 0.25) is 5.91 Å². The van der Waals surface area contributed by atoms with Crippen LogP contribution in [0.5, 0.6) is 0 Å². The van der Waals surface area contributed by atoms with E-state index in [0.29, 0.717) is 24.3 Å². The average Bonchev–Trinajstić information content (AvgIpc) is 2.64. The molecule has 5 nitrogen and oxygen atoms in total. The maximum Gasteiger partial charge on any atom is 1.00 e. The van der Waals surface area contributed by atoms with Gasteiger partial charge in [0.25, 0.3) is 0 Å². The van der Waals surface area contributed by atoms with Crippen LogP contribution >= 0.6 is 11.8 Å². The molecule has 2 aromatic carbocycles. The van der Waals surface area contributed by atoms with Crippen LogP contribution in [0.15, 0.2) is 48.5 Å². The third kappa shape index (κ3) is 7.80. The number of aromatic carboxylic acids is 1. The van der Waals surface area contributed by atoms with E-state index in [4.69, 9.17) is 0 Å². The summed E-state index contributed by atoms with van der Waals surface area (Å²) in [7, 11) is 0. The number of nitrogens with one attached hydrogen (secondary N) is 1. The first-order valence-electron chi connectivity index (χ1n) is 8.74. The van der Waals surface area contributed by atoms with Crippen molar-refractivity contribution in [2.75, 3.05) is 11.1 Å². The third-order valence-electron chi connectivity index (χ3n) is 4.02. The van der Waals surface area contributed by atoms with Crippen molar-refractivity contribution in [3.63, 3.8) is 0 Å². The smallest absolute Gasteiger partial charge is 1.00 e. The average molecular weight is 409 g/mol. The van der Waals surface area contributed by atoms with Gasteiger partial charge < -0.3 is 11.8 Å². The molecule has 1 unspecified atom stereocenters. The Bertz CT molecular complexity index is 833. The summed E-state index contributed by atoms with van der Waals surface area (Å²) in [4.78, 5) is 35.7. The number of amides is 1. The molecule has 0 saturated heterocycles. The van der Waals surface area contributed by atoms with E-state index in [1.165, 1.54) is 6.07 Å². The molecular weight excluding hydrogens is 385 g/mol. The Kier molecular flexibility index (Phi) is 10.5. The summed E-state index contributed by atoms with van der Waals surface area (Å²) in [5, 5.41) is 12.0. The van der Waals surface area contributed by atoms with E-state index in [1.807, 2.05) is 30.3 Å². The van der Waals surface area contributed by atoms with Gasteiger partial charge in [0.15, 0.2) is 5.12 Å². The monoisotopic (exact) mass is 409 g/mol. The molecule has 2 rings (SSSR count). The first-order valence-corrected chi connectivity index (χ1v) is 9.73. The third-order valence-corrected chi connectivity index (χ3v) is 5.20. The maximum absolute atomic E-state index is 12.8. The van der Waals surface area contributed by atoms with Gasteiger partial charge in [-0.3, -0.25) is 9.59 Å². The molecule has 7 heteroatoms. The zero-order valence-corrected chi connectivity index (χ0v) is 19.2. The minimum atomic E-state index is -1.04. The summed E-state index contributed by atoms with van der Waals surface area (Å²) in [5.41, 5.74) is 2.33. The standard InChI is InChI=1S/C21H23NO4S.Na.H/c1-3-19(23)27-13-17(11-15-7-5-4-6-8-15)20(24)22-18-10-14(2)9-16(12-18)21(25)26;;/h4-10,12,17H,3,11,13H2,1-2H3,(H,22,24)(H,25,26);;/q;+1;-1. The summed E-state index contributed by atoms with van der Waals surface area (Å²) in [6.45, 7) is 3.57. The minimum Gasteiger partial charge on any atom is -1.00 e. The first-order chi connectivity index (χ1) is 12.9. The number of carbonyl (C=O) groups is 3. The molecule has 2 aromatic rings. The number of benzene rings is 2. The van der Waals surface area contributed by atoms with Crippen molar-refractivity contribution in [2.24, 2.45) is 5.92 Å². The Morgan fingerprint density at radius 1 is 1.14 bits per heavy atom. The molecule has 0 heterocycles. The maximum atomic E-state index is 12.8. The van der Waals surface area contributed by atoms with Crippen molar-refractivity contribution in [1.82, 2.24) is 0 Å². The predicted molar refractivity (Wildman–Crippen MR) is 109 cm³/mol. The number of hydrogen-bond donors (Lipinski definition) is 2. The van der Waals surface area contributed by atoms with Crippen LogP contribution in [0, 0.1) is 12.8 Å². The topological polar surface area (TPSA) is 83.5 Å². The van der Waals surface area contributed by atoms with Gasteiger partial charge in [-0.15, -0.1) is 0 Å². The van der Waals surface area contributed by atoms with Crippen molar-refractivity contribution in [3.8, 4) is 0 Å². The fraction of sp³-hybridized carbons (Fsp3) is 0.286. The van der Waals surface area contributed by atoms with E-state index in [-0.39, 0.29) is 47.6 Å². The summed E-state index contributed by atoms with van der Waals surface area (Å²) < 4.78 is 0. The van der Waals surface area contributed by atoms with Crippen LogP contribution in [0.4, 0.5) is 5.69 Å². The second kappa shape index (κ2) is 12.1. The van der Waals surface area contributed by atoms with Crippen LogP contribution in [0.25, 0.3) is 0 Å². The predicted octanol–water partition coefficient (Wildman–Crippen LogP) is 1.28. The van der Waals surface area contributed by atoms with Crippen molar-refractivity contribution in [2.45, 2.75) is 26.7 Å². The molecule has 0 fully saturated rings. The van der Waals surface area contributed by atoms with Gasteiger partial charge in [0, 0.05) is 17.9 Å². The zero-order chi connectivity index (χ0) is 19.8. The Morgan fingerprint density at radius 3 is 2.43 bits per heavy atom. The second-order valence-electron chi connectivity index (χ2n) is 6.31. The van der Waals surface area contributed by atoms with Crippen molar-refractivity contribution < 1.29 is 50.5 Å². The minimum absolute atomic E-state index is 0. The number of hydrogen-bond acceptors (Lipinski definition) is 4. The Hall–Kier alpha value is -1.60. The van der Waals surface area contributed by atoms with Gasteiger partial charge in [-0.25, -0.2) is 4.79 Å². The van der Waals surface area contributed by atoms with E-state index in [2.05, 4.69) is 5.32 Å². The summed E-state index contributed by atoms with van der Waals surface area (Å²) in [6, 6.07) is 14.3. The molecule has 0 aliphatic rings. The molecule has 0 aromatic heterocycles. The van der Waals surface area contributed by atoms with E-state index >= 15 is 0 Å².